The number of fused-ring (bicyclic) bond motifs is 1. The molecule has 1 aliphatic heterocycles. The molecule has 0 radical (unpaired) electrons. The van der Waals surface area contributed by atoms with Gasteiger partial charge < -0.3 is 20.5 Å². The van der Waals surface area contributed by atoms with Crippen LogP contribution in [0.3, 0.4) is 0 Å². The molecule has 0 aliphatic carbocycles. The first-order chi connectivity index (χ1) is 15.5. The predicted molar refractivity (Wildman–Crippen MR) is 114 cm³/mol. The first kappa shape index (κ1) is 23.0. The number of nitrogens with zero attached hydrogens (tertiary/aromatic N) is 4. The van der Waals surface area contributed by atoms with Crippen molar-refractivity contribution in [3.8, 4) is 11.3 Å². The first-order valence-electron chi connectivity index (χ1n) is 9.89. The van der Waals surface area contributed by atoms with E-state index in [0.717, 1.165) is 18.2 Å². The Kier molecular flexibility index (Phi) is 5.79. The van der Waals surface area contributed by atoms with Gasteiger partial charge in [0.25, 0.3) is 0 Å². The number of imidazole rings is 1. The first-order valence-corrected chi connectivity index (χ1v) is 10.3. The van der Waals surface area contributed by atoms with Crippen LogP contribution in [0.15, 0.2) is 24.4 Å². The number of carbonyl (C=O) groups is 1. The molecule has 3 N–H and O–H groups in total. The number of nitrogens with one attached hydrogen (secondary N) is 1. The lowest BCUT2D eigenvalue weighted by molar-refractivity contribution is -0.137. The Labute approximate surface area is 191 Å². The Morgan fingerprint density at radius 3 is 2.42 bits per heavy atom. The lowest BCUT2D eigenvalue weighted by Gasteiger charge is -2.42. The highest BCUT2D eigenvalue weighted by Crippen LogP contribution is 2.40. The van der Waals surface area contributed by atoms with E-state index in [1.165, 1.54) is 11.1 Å². The van der Waals surface area contributed by atoms with Gasteiger partial charge in [0.05, 0.1) is 17.1 Å². The summed E-state index contributed by atoms with van der Waals surface area (Å²) in [6.07, 6.45) is 1.23. The van der Waals surface area contributed by atoms with E-state index in [-0.39, 0.29) is 53.5 Å². The fourth-order valence-corrected chi connectivity index (χ4v) is 4.07. The van der Waals surface area contributed by atoms with Gasteiger partial charge in [0, 0.05) is 24.8 Å². The second kappa shape index (κ2) is 8.31. The van der Waals surface area contributed by atoms with Crippen LogP contribution < -0.4 is 11.1 Å². The molecule has 33 heavy (non-hydrogen) atoms. The van der Waals surface area contributed by atoms with Crippen molar-refractivity contribution in [1.82, 2.24) is 19.4 Å². The van der Waals surface area contributed by atoms with Gasteiger partial charge in [-0.1, -0.05) is 11.6 Å². The van der Waals surface area contributed by atoms with Crippen molar-refractivity contribution in [1.29, 1.82) is 0 Å². The van der Waals surface area contributed by atoms with Gasteiger partial charge in [0.1, 0.15) is 17.3 Å². The molecular formula is C21H19ClF4N6O. The highest BCUT2D eigenvalue weighted by molar-refractivity contribution is 6.30. The Morgan fingerprint density at radius 1 is 1.15 bits per heavy atom. The van der Waals surface area contributed by atoms with Crippen LogP contribution in [0.1, 0.15) is 19.7 Å². The molecule has 0 unspecified atom stereocenters. The van der Waals surface area contributed by atoms with E-state index in [4.69, 9.17) is 17.3 Å². The maximum atomic E-state index is 14.5. The second-order valence-electron chi connectivity index (χ2n) is 7.96. The Bertz CT molecular complexity index is 1240. The van der Waals surface area contributed by atoms with Crippen LogP contribution in [0.2, 0.25) is 5.02 Å². The molecule has 1 aliphatic rings. The summed E-state index contributed by atoms with van der Waals surface area (Å²) < 4.78 is 57.7. The van der Waals surface area contributed by atoms with Crippen LogP contribution in [0.5, 0.6) is 0 Å². The molecule has 0 atom stereocenters. The summed E-state index contributed by atoms with van der Waals surface area (Å²) in [6.45, 7) is 3.74. The predicted octanol–water partition coefficient (Wildman–Crippen LogP) is 3.93. The van der Waals surface area contributed by atoms with E-state index in [9.17, 15) is 22.4 Å². The highest BCUT2D eigenvalue weighted by Gasteiger charge is 2.41. The number of amides is 1. The van der Waals surface area contributed by atoms with Crippen molar-refractivity contribution >= 4 is 29.1 Å². The summed E-state index contributed by atoms with van der Waals surface area (Å²) in [5.41, 5.74) is 4.51. The number of rotatable bonds is 4. The summed E-state index contributed by atoms with van der Waals surface area (Å²) >= 11 is 5.77. The van der Waals surface area contributed by atoms with Gasteiger partial charge in [-0.2, -0.15) is 0 Å². The molecule has 0 bridgehead atoms. The van der Waals surface area contributed by atoms with E-state index >= 15 is 0 Å². The SMILES string of the molecule is CC1(C)c2nc(-c3cc(F)c(F)c(F)c3)c(Nc3ncc(Cl)cc3F)n2CCN1C(=O)CN. The van der Waals surface area contributed by atoms with Crippen LogP contribution in [-0.2, 0) is 16.9 Å². The standard InChI is InChI=1S/C21H19ClF4N6O/c1-21(2)20-29-17(10-5-12(23)16(26)13(24)6-10)19(30-18-14(25)7-11(22)9-28-18)31(20)3-4-32(21)15(33)8-27/h5-7,9H,3-4,8,27H2,1-2H3,(H,28,30). The van der Waals surface area contributed by atoms with Gasteiger partial charge >= 0.3 is 0 Å². The third-order valence-electron chi connectivity index (χ3n) is 5.51. The fourth-order valence-electron chi connectivity index (χ4n) is 3.92. The summed E-state index contributed by atoms with van der Waals surface area (Å²) in [7, 11) is 0. The summed E-state index contributed by atoms with van der Waals surface area (Å²) in [4.78, 5) is 22.4. The molecule has 3 aromatic rings. The van der Waals surface area contributed by atoms with Crippen molar-refractivity contribution < 1.29 is 22.4 Å². The Balaban J connectivity index is 1.92. The number of anilines is 2. The molecule has 4 rings (SSSR count). The molecule has 3 heterocycles. The lowest BCUT2D eigenvalue weighted by atomic mass is 9.99. The number of nitrogens with two attached hydrogens (primary N) is 1. The highest BCUT2D eigenvalue weighted by atomic mass is 35.5. The maximum absolute atomic E-state index is 14.5. The van der Waals surface area contributed by atoms with E-state index in [1.807, 2.05) is 0 Å². The maximum Gasteiger partial charge on any atom is 0.237 e. The van der Waals surface area contributed by atoms with Crippen molar-refractivity contribution in [2.45, 2.75) is 25.9 Å². The molecule has 12 heteroatoms. The van der Waals surface area contributed by atoms with Crippen molar-refractivity contribution in [3.63, 3.8) is 0 Å². The summed E-state index contributed by atoms with van der Waals surface area (Å²) in [5.74, 6) is -5.20. The van der Waals surface area contributed by atoms with Crippen LogP contribution in [-0.4, -0.2) is 38.4 Å². The van der Waals surface area contributed by atoms with E-state index < -0.39 is 28.8 Å². The van der Waals surface area contributed by atoms with Gasteiger partial charge in [-0.05, 0) is 32.0 Å². The fraction of sp³-hybridized carbons (Fsp3) is 0.286. The molecule has 7 nitrogen and oxygen atoms in total. The van der Waals surface area contributed by atoms with Crippen LogP contribution >= 0.6 is 11.6 Å². The minimum absolute atomic E-state index is 0.0223. The molecule has 1 aromatic carbocycles. The van der Waals surface area contributed by atoms with Gasteiger partial charge in [-0.3, -0.25) is 4.79 Å². The zero-order valence-electron chi connectivity index (χ0n) is 17.6. The third kappa shape index (κ3) is 3.91. The summed E-state index contributed by atoms with van der Waals surface area (Å²) in [5, 5.41) is 2.89. The minimum atomic E-state index is -1.62. The van der Waals surface area contributed by atoms with Crippen LogP contribution in [0, 0.1) is 23.3 Å². The average molecular weight is 483 g/mol. The largest absolute Gasteiger partial charge is 0.327 e. The molecule has 0 saturated heterocycles. The van der Waals surface area contributed by atoms with Crippen molar-refractivity contribution in [2.24, 2.45) is 5.73 Å². The molecule has 2 aromatic heterocycles. The molecule has 0 saturated carbocycles. The smallest absolute Gasteiger partial charge is 0.237 e. The van der Waals surface area contributed by atoms with Gasteiger partial charge in [0.2, 0.25) is 5.91 Å². The zero-order valence-corrected chi connectivity index (χ0v) is 18.4. The topological polar surface area (TPSA) is 89.1 Å². The lowest BCUT2D eigenvalue weighted by Crippen LogP contribution is -2.53. The van der Waals surface area contributed by atoms with Gasteiger partial charge in [0.15, 0.2) is 29.1 Å². The Morgan fingerprint density at radius 2 is 1.82 bits per heavy atom. The average Bonchev–Trinajstić information content (AvgIpc) is 3.13. The van der Waals surface area contributed by atoms with Gasteiger partial charge in [-0.15, -0.1) is 0 Å². The minimum Gasteiger partial charge on any atom is -0.327 e. The quantitative estimate of drug-likeness (QED) is 0.434. The number of pyridine rings is 1. The van der Waals surface area contributed by atoms with Crippen LogP contribution in [0.25, 0.3) is 11.3 Å². The van der Waals surface area contributed by atoms with E-state index in [2.05, 4.69) is 15.3 Å². The molecular weight excluding hydrogens is 464 g/mol. The zero-order chi connectivity index (χ0) is 24.1. The van der Waals surface area contributed by atoms with Gasteiger partial charge in [-0.25, -0.2) is 27.5 Å². The second-order valence-corrected chi connectivity index (χ2v) is 8.39. The van der Waals surface area contributed by atoms with Crippen molar-refractivity contribution in [3.05, 3.63) is 58.5 Å². The van der Waals surface area contributed by atoms with E-state index in [1.54, 1.807) is 18.4 Å². The number of halogens is 5. The molecule has 0 fully saturated rings. The Hall–Kier alpha value is -3.18. The number of hydrogen-bond donors (Lipinski definition) is 2. The van der Waals surface area contributed by atoms with E-state index in [0.29, 0.717) is 5.82 Å². The van der Waals surface area contributed by atoms with Crippen LogP contribution in [0.4, 0.5) is 29.2 Å². The normalized spacial score (nSPS) is 14.8. The van der Waals surface area contributed by atoms with Crippen molar-refractivity contribution in [2.75, 3.05) is 18.4 Å². The monoisotopic (exact) mass is 482 g/mol. The number of aromatic nitrogens is 3. The number of hydrogen-bond acceptors (Lipinski definition) is 5. The third-order valence-corrected chi connectivity index (χ3v) is 5.72. The molecule has 1 amide bonds. The number of benzene rings is 1. The molecule has 174 valence electrons. The number of carbonyl (C=O) groups excluding carboxylic acids is 1. The summed E-state index contributed by atoms with van der Waals surface area (Å²) in [6, 6.07) is 2.63. The molecule has 0 spiro atoms.